The molecule has 1 amide bonds. The molecule has 2 N–H and O–H groups in total. The highest BCUT2D eigenvalue weighted by molar-refractivity contribution is 5.79. The van der Waals surface area contributed by atoms with E-state index in [1.807, 2.05) is 36.9 Å². The molecule has 1 aromatic rings. The number of carbonyl (C=O) groups excluding carboxylic acids is 1. The molecule has 1 fully saturated rings. The van der Waals surface area contributed by atoms with Crippen molar-refractivity contribution in [3.8, 4) is 0 Å². The molecule has 1 aliphatic carbocycles. The van der Waals surface area contributed by atoms with Crippen LogP contribution in [0.4, 0.5) is 0 Å². The van der Waals surface area contributed by atoms with Gasteiger partial charge in [-0.25, -0.2) is 0 Å². The number of nitrogens with zero attached hydrogens (tertiary/aromatic N) is 2. The second-order valence-corrected chi connectivity index (χ2v) is 5.32. The molecule has 0 saturated heterocycles. The van der Waals surface area contributed by atoms with E-state index >= 15 is 0 Å². The minimum Gasteiger partial charge on any atom is -0.337 e. The van der Waals surface area contributed by atoms with Gasteiger partial charge in [0.1, 0.15) is 0 Å². The van der Waals surface area contributed by atoms with Gasteiger partial charge in [-0.2, -0.15) is 0 Å². The van der Waals surface area contributed by atoms with Crippen LogP contribution in [-0.4, -0.2) is 28.4 Å². The number of rotatable bonds is 4. The van der Waals surface area contributed by atoms with Crippen LogP contribution in [0.1, 0.15) is 37.6 Å². The fourth-order valence-corrected chi connectivity index (χ4v) is 2.76. The maximum absolute atomic E-state index is 12.5. The highest BCUT2D eigenvalue weighted by Gasteiger charge is 2.32. The minimum absolute atomic E-state index is 0.00441. The smallest absolute Gasteiger partial charge is 0.227 e. The Bertz CT molecular complexity index is 447. The third kappa shape index (κ3) is 3.32. The lowest BCUT2D eigenvalue weighted by Gasteiger charge is -2.26. The van der Waals surface area contributed by atoms with Crippen molar-refractivity contribution in [2.75, 3.05) is 6.54 Å². The maximum atomic E-state index is 12.5. The molecule has 1 saturated carbocycles. The molecule has 2 atom stereocenters. The Kier molecular flexibility index (Phi) is 4.53. The van der Waals surface area contributed by atoms with E-state index in [2.05, 4.69) is 4.98 Å². The molecule has 0 radical (unpaired) electrons. The Morgan fingerprint density at radius 2 is 2.26 bits per heavy atom. The number of nitrogens with two attached hydrogens (primary N) is 1. The van der Waals surface area contributed by atoms with Crippen LogP contribution in [0.15, 0.2) is 18.2 Å². The number of hydrogen-bond donors (Lipinski definition) is 1. The molecule has 2 unspecified atom stereocenters. The zero-order valence-electron chi connectivity index (χ0n) is 11.8. The van der Waals surface area contributed by atoms with Crippen LogP contribution in [0.2, 0.25) is 0 Å². The van der Waals surface area contributed by atoms with Crippen molar-refractivity contribution >= 4 is 5.91 Å². The third-order valence-electron chi connectivity index (χ3n) is 3.88. The predicted octanol–water partition coefficient (Wildman–Crippen LogP) is 1.87. The number of pyridine rings is 1. The van der Waals surface area contributed by atoms with Crippen LogP contribution in [0.5, 0.6) is 0 Å². The Labute approximate surface area is 115 Å². The van der Waals surface area contributed by atoms with Crippen molar-refractivity contribution in [2.45, 2.75) is 45.7 Å². The summed E-state index contributed by atoms with van der Waals surface area (Å²) in [4.78, 5) is 18.8. The van der Waals surface area contributed by atoms with Crippen LogP contribution in [0.25, 0.3) is 0 Å². The van der Waals surface area contributed by atoms with Gasteiger partial charge < -0.3 is 10.6 Å². The summed E-state index contributed by atoms with van der Waals surface area (Å²) in [6.45, 7) is 5.26. The summed E-state index contributed by atoms with van der Waals surface area (Å²) in [6.07, 6.45) is 2.96. The molecule has 4 heteroatoms. The number of hydrogen-bond acceptors (Lipinski definition) is 3. The van der Waals surface area contributed by atoms with Gasteiger partial charge in [0.15, 0.2) is 0 Å². The summed E-state index contributed by atoms with van der Waals surface area (Å²) in [7, 11) is 0. The highest BCUT2D eigenvalue weighted by atomic mass is 16.2. The monoisotopic (exact) mass is 261 g/mol. The van der Waals surface area contributed by atoms with Gasteiger partial charge in [0.2, 0.25) is 5.91 Å². The Morgan fingerprint density at radius 3 is 2.84 bits per heavy atom. The molecule has 1 heterocycles. The number of carbonyl (C=O) groups is 1. The Hall–Kier alpha value is -1.42. The predicted molar refractivity (Wildman–Crippen MR) is 75.4 cm³/mol. The van der Waals surface area contributed by atoms with E-state index in [4.69, 9.17) is 5.73 Å². The fraction of sp³-hybridized carbons (Fsp3) is 0.600. The van der Waals surface area contributed by atoms with Crippen LogP contribution in [0, 0.1) is 12.8 Å². The first-order valence-electron chi connectivity index (χ1n) is 7.08. The maximum Gasteiger partial charge on any atom is 0.227 e. The van der Waals surface area contributed by atoms with E-state index in [1.54, 1.807) is 0 Å². The average molecular weight is 261 g/mol. The van der Waals surface area contributed by atoms with E-state index in [0.717, 1.165) is 30.7 Å². The normalized spacial score (nSPS) is 22.5. The van der Waals surface area contributed by atoms with Crippen LogP contribution in [0.3, 0.4) is 0 Å². The summed E-state index contributed by atoms with van der Waals surface area (Å²) < 4.78 is 0. The Balaban J connectivity index is 2.05. The zero-order valence-corrected chi connectivity index (χ0v) is 11.8. The lowest BCUT2D eigenvalue weighted by Crippen LogP contribution is -2.41. The lowest BCUT2D eigenvalue weighted by molar-refractivity contribution is -0.136. The summed E-state index contributed by atoms with van der Waals surface area (Å²) >= 11 is 0. The molecule has 1 aliphatic rings. The van der Waals surface area contributed by atoms with Crippen molar-refractivity contribution in [2.24, 2.45) is 11.7 Å². The molecule has 0 bridgehead atoms. The molecule has 104 valence electrons. The third-order valence-corrected chi connectivity index (χ3v) is 3.88. The zero-order chi connectivity index (χ0) is 13.8. The average Bonchev–Trinajstić information content (AvgIpc) is 2.81. The Morgan fingerprint density at radius 1 is 1.47 bits per heavy atom. The molecule has 0 aromatic carbocycles. The van der Waals surface area contributed by atoms with Crippen molar-refractivity contribution in [3.05, 3.63) is 29.6 Å². The van der Waals surface area contributed by atoms with Crippen LogP contribution in [-0.2, 0) is 11.3 Å². The molecule has 2 rings (SSSR count). The van der Waals surface area contributed by atoms with Crippen molar-refractivity contribution < 1.29 is 4.79 Å². The van der Waals surface area contributed by atoms with E-state index in [1.165, 1.54) is 0 Å². The second kappa shape index (κ2) is 6.15. The molecule has 1 aromatic heterocycles. The van der Waals surface area contributed by atoms with E-state index in [0.29, 0.717) is 13.1 Å². The standard InChI is InChI=1S/C15H23N3O/c1-3-18(10-12-7-4-6-11(2)17-12)15(19)13-8-5-9-14(13)16/h4,6-7,13-14H,3,5,8-10,16H2,1-2H3. The SMILES string of the molecule is CCN(Cc1cccc(C)n1)C(=O)C1CCCC1N. The molecular formula is C15H23N3O. The first kappa shape index (κ1) is 14.0. The van der Waals surface area contributed by atoms with Gasteiger partial charge in [0, 0.05) is 18.3 Å². The van der Waals surface area contributed by atoms with E-state index in [-0.39, 0.29) is 17.9 Å². The fourth-order valence-electron chi connectivity index (χ4n) is 2.76. The first-order chi connectivity index (χ1) is 9.11. The summed E-state index contributed by atoms with van der Waals surface area (Å²) in [5.74, 6) is 0.195. The van der Waals surface area contributed by atoms with Gasteiger partial charge in [-0.1, -0.05) is 12.5 Å². The quantitative estimate of drug-likeness (QED) is 0.900. The summed E-state index contributed by atoms with van der Waals surface area (Å²) in [5, 5.41) is 0. The van der Waals surface area contributed by atoms with Gasteiger partial charge in [-0.05, 0) is 38.8 Å². The first-order valence-corrected chi connectivity index (χ1v) is 7.08. The van der Waals surface area contributed by atoms with Gasteiger partial charge in [-0.15, -0.1) is 0 Å². The van der Waals surface area contributed by atoms with Crippen LogP contribution >= 0.6 is 0 Å². The van der Waals surface area contributed by atoms with Gasteiger partial charge >= 0.3 is 0 Å². The number of aryl methyl sites for hydroxylation is 1. The van der Waals surface area contributed by atoms with Gasteiger partial charge in [-0.3, -0.25) is 9.78 Å². The van der Waals surface area contributed by atoms with Gasteiger partial charge in [0.05, 0.1) is 18.2 Å². The summed E-state index contributed by atoms with van der Waals surface area (Å²) in [6, 6.07) is 5.95. The molecule has 0 spiro atoms. The topological polar surface area (TPSA) is 59.2 Å². The number of amides is 1. The second-order valence-electron chi connectivity index (χ2n) is 5.32. The van der Waals surface area contributed by atoms with Gasteiger partial charge in [0.25, 0.3) is 0 Å². The van der Waals surface area contributed by atoms with Crippen molar-refractivity contribution in [1.82, 2.24) is 9.88 Å². The van der Waals surface area contributed by atoms with Crippen molar-refractivity contribution in [3.63, 3.8) is 0 Å². The molecule has 19 heavy (non-hydrogen) atoms. The molecule has 4 nitrogen and oxygen atoms in total. The number of aromatic nitrogens is 1. The summed E-state index contributed by atoms with van der Waals surface area (Å²) in [5.41, 5.74) is 7.96. The molecular weight excluding hydrogens is 238 g/mol. The van der Waals surface area contributed by atoms with Crippen molar-refractivity contribution in [1.29, 1.82) is 0 Å². The van der Waals surface area contributed by atoms with E-state index in [9.17, 15) is 4.79 Å². The lowest BCUT2D eigenvalue weighted by atomic mass is 10.0. The minimum atomic E-state index is 0.00441. The van der Waals surface area contributed by atoms with E-state index < -0.39 is 0 Å². The highest BCUT2D eigenvalue weighted by Crippen LogP contribution is 2.26. The largest absolute Gasteiger partial charge is 0.337 e. The van der Waals surface area contributed by atoms with Crippen LogP contribution < -0.4 is 5.73 Å². The molecule has 0 aliphatic heterocycles.